The van der Waals surface area contributed by atoms with Gasteiger partial charge in [-0.05, 0) is 31.5 Å². The summed E-state index contributed by atoms with van der Waals surface area (Å²) in [5, 5.41) is 15.7. The predicted octanol–water partition coefficient (Wildman–Crippen LogP) is 2.03. The number of pyridine rings is 2. The van der Waals surface area contributed by atoms with Crippen LogP contribution in [0, 0.1) is 17.2 Å². The zero-order valence-corrected chi connectivity index (χ0v) is 15.0. The van der Waals surface area contributed by atoms with Crippen molar-refractivity contribution in [3.8, 4) is 6.07 Å². The lowest BCUT2D eigenvalue weighted by atomic mass is 10.0. The molecule has 1 aliphatic heterocycles. The van der Waals surface area contributed by atoms with E-state index in [-0.39, 0.29) is 11.3 Å². The first kappa shape index (κ1) is 17.8. The zero-order valence-electron chi connectivity index (χ0n) is 15.0. The van der Waals surface area contributed by atoms with Crippen LogP contribution in [-0.4, -0.2) is 39.2 Å². The molecule has 0 aromatic carbocycles. The fraction of sp³-hybridized carbons (Fsp3) is 0.263. The SMILES string of the molecule is N#Cc1ncc(Nc2ncc3[nH]c(=O)ccc3n2)cc1N=C[C@@H]1CCCNC1. The molecule has 3 N–H and O–H groups in total. The van der Waals surface area contributed by atoms with E-state index in [9.17, 15) is 10.1 Å². The van der Waals surface area contributed by atoms with Gasteiger partial charge in [0.25, 0.3) is 0 Å². The molecule has 0 radical (unpaired) electrons. The molecule has 1 atom stereocenters. The van der Waals surface area contributed by atoms with Gasteiger partial charge in [0, 0.05) is 24.7 Å². The molecule has 0 aliphatic carbocycles. The summed E-state index contributed by atoms with van der Waals surface area (Å²) in [6, 6.07) is 6.86. The standard InChI is InChI=1S/C19H18N8O/c20-7-16-15(22-9-12-2-1-5-21-8-12)6-13(10-23-16)25-19-24-11-17-14(27-19)3-4-18(28)26-17/h3-4,6,9-12,21H,1-2,5,8H2,(H,26,28)(H,24,25,27)/t12-/m1/s1. The molecule has 140 valence electrons. The van der Waals surface area contributed by atoms with Crippen LogP contribution in [0.15, 0.2) is 40.4 Å². The maximum absolute atomic E-state index is 11.4. The summed E-state index contributed by atoms with van der Waals surface area (Å²) < 4.78 is 0. The molecule has 3 aromatic rings. The molecule has 1 fully saturated rings. The summed E-state index contributed by atoms with van der Waals surface area (Å²) in [5.41, 5.74) is 2.36. The highest BCUT2D eigenvalue weighted by Gasteiger charge is 2.11. The normalized spacial score (nSPS) is 16.9. The van der Waals surface area contributed by atoms with Gasteiger partial charge in [-0.1, -0.05) is 0 Å². The Balaban J connectivity index is 1.58. The fourth-order valence-electron chi connectivity index (χ4n) is 3.03. The van der Waals surface area contributed by atoms with Crippen LogP contribution in [0.2, 0.25) is 0 Å². The van der Waals surface area contributed by atoms with Gasteiger partial charge in [-0.15, -0.1) is 0 Å². The van der Waals surface area contributed by atoms with Crippen LogP contribution >= 0.6 is 0 Å². The number of piperidine rings is 1. The van der Waals surface area contributed by atoms with Crippen molar-refractivity contribution >= 4 is 34.6 Å². The van der Waals surface area contributed by atoms with Gasteiger partial charge in [-0.25, -0.2) is 15.0 Å². The number of anilines is 2. The average Bonchev–Trinajstić information content (AvgIpc) is 2.73. The van der Waals surface area contributed by atoms with Gasteiger partial charge in [-0.2, -0.15) is 5.26 Å². The van der Waals surface area contributed by atoms with Crippen molar-refractivity contribution in [2.24, 2.45) is 10.9 Å². The van der Waals surface area contributed by atoms with Crippen LogP contribution in [-0.2, 0) is 0 Å². The van der Waals surface area contributed by atoms with Gasteiger partial charge in [0.2, 0.25) is 11.5 Å². The topological polar surface area (TPSA) is 132 Å². The second-order valence-corrected chi connectivity index (χ2v) is 6.53. The third kappa shape index (κ3) is 4.02. The van der Waals surface area contributed by atoms with Crippen molar-refractivity contribution in [2.45, 2.75) is 12.8 Å². The van der Waals surface area contributed by atoms with Crippen molar-refractivity contribution in [3.63, 3.8) is 0 Å². The lowest BCUT2D eigenvalue weighted by Gasteiger charge is -2.18. The van der Waals surface area contributed by atoms with Crippen molar-refractivity contribution in [1.29, 1.82) is 5.26 Å². The van der Waals surface area contributed by atoms with Gasteiger partial charge in [0.1, 0.15) is 11.8 Å². The highest BCUT2D eigenvalue weighted by Crippen LogP contribution is 2.23. The van der Waals surface area contributed by atoms with Crippen molar-refractivity contribution in [1.82, 2.24) is 25.3 Å². The number of nitrogens with zero attached hydrogens (tertiary/aromatic N) is 5. The Morgan fingerprint density at radius 2 is 2.25 bits per heavy atom. The predicted molar refractivity (Wildman–Crippen MR) is 106 cm³/mol. The smallest absolute Gasteiger partial charge is 0.248 e. The van der Waals surface area contributed by atoms with Crippen LogP contribution in [0.5, 0.6) is 0 Å². The monoisotopic (exact) mass is 374 g/mol. The molecular formula is C19H18N8O. The largest absolute Gasteiger partial charge is 0.323 e. The zero-order chi connectivity index (χ0) is 19.3. The summed E-state index contributed by atoms with van der Waals surface area (Å²) in [6.07, 6.45) is 7.16. The van der Waals surface area contributed by atoms with Gasteiger partial charge in [-0.3, -0.25) is 9.79 Å². The first-order valence-corrected chi connectivity index (χ1v) is 8.99. The van der Waals surface area contributed by atoms with E-state index in [1.807, 2.05) is 6.21 Å². The van der Waals surface area contributed by atoms with Gasteiger partial charge in [0.05, 0.1) is 29.1 Å². The van der Waals surface area contributed by atoms with Crippen LogP contribution in [0.25, 0.3) is 11.0 Å². The molecule has 0 spiro atoms. The van der Waals surface area contributed by atoms with E-state index in [1.54, 1.807) is 18.3 Å². The first-order chi connectivity index (χ1) is 13.7. The number of H-pyrrole nitrogens is 1. The summed E-state index contributed by atoms with van der Waals surface area (Å²) in [7, 11) is 0. The molecule has 0 unspecified atom stereocenters. The average molecular weight is 374 g/mol. The Labute approximate surface area is 160 Å². The molecule has 28 heavy (non-hydrogen) atoms. The van der Waals surface area contributed by atoms with Crippen LogP contribution in [0.3, 0.4) is 0 Å². The Morgan fingerprint density at radius 1 is 1.32 bits per heavy atom. The van der Waals surface area contributed by atoms with E-state index in [0.29, 0.717) is 34.3 Å². The van der Waals surface area contributed by atoms with Crippen molar-refractivity contribution in [2.75, 3.05) is 18.4 Å². The molecular weight excluding hydrogens is 356 g/mol. The Morgan fingerprint density at radius 3 is 3.07 bits per heavy atom. The lowest BCUT2D eigenvalue weighted by molar-refractivity contribution is 0.463. The summed E-state index contributed by atoms with van der Waals surface area (Å²) in [5.74, 6) is 0.709. The molecule has 0 bridgehead atoms. The number of fused-ring (bicyclic) bond motifs is 1. The van der Waals surface area contributed by atoms with E-state index in [2.05, 4.69) is 41.6 Å². The molecule has 4 heterocycles. The second kappa shape index (κ2) is 7.94. The van der Waals surface area contributed by atoms with Gasteiger partial charge < -0.3 is 15.6 Å². The Bertz CT molecular complexity index is 1120. The molecule has 3 aromatic heterocycles. The third-order valence-corrected chi connectivity index (χ3v) is 4.46. The molecule has 0 saturated carbocycles. The number of nitrogens with one attached hydrogen (secondary N) is 3. The number of rotatable bonds is 4. The third-order valence-electron chi connectivity index (χ3n) is 4.46. The van der Waals surface area contributed by atoms with Gasteiger partial charge in [0.15, 0.2) is 5.69 Å². The maximum atomic E-state index is 11.4. The minimum atomic E-state index is -0.205. The summed E-state index contributed by atoms with van der Waals surface area (Å²) >= 11 is 0. The number of nitriles is 1. The van der Waals surface area contributed by atoms with E-state index in [4.69, 9.17) is 0 Å². The van der Waals surface area contributed by atoms with Crippen LogP contribution < -0.4 is 16.2 Å². The molecule has 1 saturated heterocycles. The Hall–Kier alpha value is -3.64. The number of aliphatic imine (C=N–C) groups is 1. The van der Waals surface area contributed by atoms with Crippen molar-refractivity contribution < 1.29 is 0 Å². The molecule has 0 amide bonds. The van der Waals surface area contributed by atoms with E-state index < -0.39 is 0 Å². The number of aromatic nitrogens is 4. The van der Waals surface area contributed by atoms with Crippen LogP contribution in [0.4, 0.5) is 17.3 Å². The fourth-order valence-corrected chi connectivity index (χ4v) is 3.03. The lowest BCUT2D eigenvalue weighted by Crippen LogP contribution is -2.30. The quantitative estimate of drug-likeness (QED) is 0.595. The molecule has 9 heteroatoms. The number of hydrogen-bond donors (Lipinski definition) is 3. The second-order valence-electron chi connectivity index (χ2n) is 6.53. The van der Waals surface area contributed by atoms with Crippen molar-refractivity contribution in [3.05, 3.63) is 46.6 Å². The minimum absolute atomic E-state index is 0.205. The highest BCUT2D eigenvalue weighted by atomic mass is 16.1. The van der Waals surface area contributed by atoms with Gasteiger partial charge >= 0.3 is 0 Å². The maximum Gasteiger partial charge on any atom is 0.248 e. The molecule has 4 rings (SSSR count). The Kier molecular flexibility index (Phi) is 5.03. The van der Waals surface area contributed by atoms with E-state index in [0.717, 1.165) is 25.9 Å². The molecule has 1 aliphatic rings. The number of hydrogen-bond acceptors (Lipinski definition) is 8. The van der Waals surface area contributed by atoms with E-state index >= 15 is 0 Å². The number of aromatic amines is 1. The summed E-state index contributed by atoms with van der Waals surface area (Å²) in [4.78, 5) is 31.3. The van der Waals surface area contributed by atoms with E-state index in [1.165, 1.54) is 12.3 Å². The highest BCUT2D eigenvalue weighted by molar-refractivity contribution is 5.75. The summed E-state index contributed by atoms with van der Waals surface area (Å²) in [6.45, 7) is 1.93. The minimum Gasteiger partial charge on any atom is -0.323 e. The first-order valence-electron chi connectivity index (χ1n) is 8.99. The molecule has 9 nitrogen and oxygen atoms in total. The van der Waals surface area contributed by atoms with Crippen LogP contribution in [0.1, 0.15) is 18.5 Å².